The quantitative estimate of drug-likeness (QED) is 0.470. The largest absolute Gasteiger partial charge is 0.383 e. The summed E-state index contributed by atoms with van der Waals surface area (Å²) in [5, 5.41) is 0. The van der Waals surface area contributed by atoms with Crippen molar-refractivity contribution in [1.29, 1.82) is 0 Å². The molecule has 0 bridgehead atoms. The number of hydrogen-bond acceptors (Lipinski definition) is 3. The van der Waals surface area contributed by atoms with Crippen molar-refractivity contribution < 1.29 is 9.53 Å². The minimum atomic E-state index is 0.0528. The number of fused-ring (bicyclic) bond motifs is 1. The number of Topliss-reactive ketones (excluding diaryl/α,β-unsaturated/α-hetero) is 1. The summed E-state index contributed by atoms with van der Waals surface area (Å²) in [7, 11) is 3.62. The fourth-order valence-electron chi connectivity index (χ4n) is 2.83. The second-order valence-corrected chi connectivity index (χ2v) is 6.65. The number of carbonyl (C=O) groups excluding carboxylic acids is 1. The third-order valence-corrected chi connectivity index (χ3v) is 4.62. The molecule has 3 rings (SSSR count). The van der Waals surface area contributed by atoms with E-state index >= 15 is 0 Å². The van der Waals surface area contributed by atoms with Gasteiger partial charge in [-0.25, -0.2) is 4.99 Å². The highest BCUT2D eigenvalue weighted by Gasteiger charge is 2.13. The molecule has 6 heteroatoms. The summed E-state index contributed by atoms with van der Waals surface area (Å²) in [5.41, 5.74) is 3.49. The molecule has 0 N–H and O–H groups in total. The Morgan fingerprint density at radius 1 is 1.12 bits per heavy atom. The van der Waals surface area contributed by atoms with Crippen LogP contribution in [0.4, 0.5) is 0 Å². The van der Waals surface area contributed by atoms with Gasteiger partial charge in [0.2, 0.25) is 5.62 Å². The molecular weight excluding hydrogens is 382 g/mol. The van der Waals surface area contributed by atoms with E-state index in [0.29, 0.717) is 18.7 Å². The maximum Gasteiger partial charge on any atom is 0.206 e. The maximum absolute atomic E-state index is 12.7. The van der Waals surface area contributed by atoms with Crippen molar-refractivity contribution in [1.82, 2.24) is 9.13 Å². The molecular formula is C19H20BrN3O2. The van der Waals surface area contributed by atoms with Crippen LogP contribution in [0.1, 0.15) is 10.4 Å². The van der Waals surface area contributed by atoms with Crippen LogP contribution in [-0.4, -0.2) is 35.2 Å². The van der Waals surface area contributed by atoms with Gasteiger partial charge in [-0.1, -0.05) is 40.2 Å². The van der Waals surface area contributed by atoms with Crippen molar-refractivity contribution in [3.8, 4) is 0 Å². The van der Waals surface area contributed by atoms with Crippen molar-refractivity contribution in [2.24, 2.45) is 12.0 Å². The van der Waals surface area contributed by atoms with Gasteiger partial charge in [-0.15, -0.1) is 0 Å². The fraction of sp³-hybridized carbons (Fsp3) is 0.263. The Balaban J connectivity index is 2.04. The molecule has 0 aliphatic rings. The zero-order valence-corrected chi connectivity index (χ0v) is 15.9. The van der Waals surface area contributed by atoms with E-state index in [4.69, 9.17) is 4.74 Å². The van der Waals surface area contributed by atoms with Crippen LogP contribution in [0.5, 0.6) is 0 Å². The van der Waals surface area contributed by atoms with E-state index in [-0.39, 0.29) is 12.3 Å². The molecule has 0 aliphatic carbocycles. The number of ketones is 1. The second kappa shape index (κ2) is 7.80. The number of imidazole rings is 1. The lowest BCUT2D eigenvalue weighted by molar-refractivity contribution is 0.0971. The number of nitrogens with zero attached hydrogens (tertiary/aromatic N) is 3. The van der Waals surface area contributed by atoms with E-state index in [1.54, 1.807) is 7.11 Å². The third-order valence-electron chi connectivity index (χ3n) is 4.09. The zero-order valence-electron chi connectivity index (χ0n) is 14.3. The Bertz CT molecular complexity index is 955. The molecule has 5 nitrogen and oxygen atoms in total. The minimum Gasteiger partial charge on any atom is -0.383 e. The molecule has 0 saturated carbocycles. The molecule has 130 valence electrons. The molecule has 0 amide bonds. The van der Waals surface area contributed by atoms with Crippen LogP contribution in [-0.2, 0) is 18.3 Å². The third kappa shape index (κ3) is 3.75. The summed E-state index contributed by atoms with van der Waals surface area (Å²) in [5.74, 6) is 0.0528. The Kier molecular flexibility index (Phi) is 5.50. The predicted octanol–water partition coefficient (Wildman–Crippen LogP) is 3.17. The SMILES string of the molecule is COCCN=c1n(C)c2ccccc2n1CC(=O)c1ccc(Br)cc1. The standard InChI is InChI=1S/C19H20BrN3O2/c1-22-16-5-3-4-6-17(16)23(19(22)21-11-12-25-2)13-18(24)14-7-9-15(20)10-8-14/h3-10H,11-13H2,1-2H3. The average Bonchev–Trinajstić information content (AvgIpc) is 2.88. The lowest BCUT2D eigenvalue weighted by atomic mass is 10.1. The van der Waals surface area contributed by atoms with E-state index in [1.807, 2.05) is 64.7 Å². The van der Waals surface area contributed by atoms with Crippen molar-refractivity contribution in [2.75, 3.05) is 20.3 Å². The lowest BCUT2D eigenvalue weighted by Crippen LogP contribution is -2.28. The number of halogens is 1. The Labute approximate surface area is 154 Å². The molecule has 3 aromatic rings. The first-order chi connectivity index (χ1) is 12.1. The lowest BCUT2D eigenvalue weighted by Gasteiger charge is -2.05. The number of ether oxygens (including phenoxy) is 1. The van der Waals surface area contributed by atoms with Crippen molar-refractivity contribution in [2.45, 2.75) is 6.54 Å². The number of aryl methyl sites for hydroxylation is 1. The first kappa shape index (κ1) is 17.6. The summed E-state index contributed by atoms with van der Waals surface area (Å²) < 4.78 is 10.0. The molecule has 0 aliphatic heterocycles. The molecule has 0 saturated heterocycles. The van der Waals surface area contributed by atoms with Crippen molar-refractivity contribution in [3.05, 3.63) is 64.2 Å². The fourth-order valence-corrected chi connectivity index (χ4v) is 3.09. The van der Waals surface area contributed by atoms with Crippen LogP contribution < -0.4 is 5.62 Å². The number of para-hydroxylation sites is 2. The maximum atomic E-state index is 12.7. The minimum absolute atomic E-state index is 0.0528. The van der Waals surface area contributed by atoms with Crippen LogP contribution >= 0.6 is 15.9 Å². The predicted molar refractivity (Wildman–Crippen MR) is 102 cm³/mol. The summed E-state index contributed by atoms with van der Waals surface area (Å²) in [4.78, 5) is 17.4. The Hall–Kier alpha value is -2.18. The summed E-state index contributed by atoms with van der Waals surface area (Å²) in [6.45, 7) is 1.34. The number of rotatable bonds is 6. The molecule has 25 heavy (non-hydrogen) atoms. The number of methoxy groups -OCH3 is 1. The van der Waals surface area contributed by atoms with Gasteiger partial charge < -0.3 is 13.9 Å². The number of carbonyl (C=O) groups is 1. The summed E-state index contributed by atoms with van der Waals surface area (Å²) in [6.07, 6.45) is 0. The van der Waals surface area contributed by atoms with Gasteiger partial charge in [0.05, 0.1) is 30.7 Å². The smallest absolute Gasteiger partial charge is 0.206 e. The number of hydrogen-bond donors (Lipinski definition) is 0. The van der Waals surface area contributed by atoms with Gasteiger partial charge in [0.25, 0.3) is 0 Å². The van der Waals surface area contributed by atoms with Crippen LogP contribution in [0.25, 0.3) is 11.0 Å². The van der Waals surface area contributed by atoms with Gasteiger partial charge in [0, 0.05) is 24.2 Å². The van der Waals surface area contributed by atoms with Gasteiger partial charge in [-0.2, -0.15) is 0 Å². The first-order valence-electron chi connectivity index (χ1n) is 8.04. The zero-order chi connectivity index (χ0) is 17.8. The summed E-state index contributed by atoms with van der Waals surface area (Å²) >= 11 is 3.40. The molecule has 0 spiro atoms. The van der Waals surface area contributed by atoms with Gasteiger partial charge in [0.15, 0.2) is 5.78 Å². The monoisotopic (exact) mass is 401 g/mol. The van der Waals surface area contributed by atoms with E-state index in [0.717, 1.165) is 21.1 Å². The van der Waals surface area contributed by atoms with Crippen LogP contribution in [0.2, 0.25) is 0 Å². The van der Waals surface area contributed by atoms with Gasteiger partial charge in [-0.05, 0) is 24.3 Å². The molecule has 1 aromatic heterocycles. The molecule has 0 radical (unpaired) electrons. The average molecular weight is 402 g/mol. The van der Waals surface area contributed by atoms with E-state index in [2.05, 4.69) is 20.9 Å². The summed E-state index contributed by atoms with van der Waals surface area (Å²) in [6, 6.07) is 15.4. The highest BCUT2D eigenvalue weighted by molar-refractivity contribution is 9.10. The Morgan fingerprint density at radius 3 is 2.48 bits per heavy atom. The van der Waals surface area contributed by atoms with Gasteiger partial charge >= 0.3 is 0 Å². The van der Waals surface area contributed by atoms with Crippen molar-refractivity contribution >= 4 is 32.7 Å². The van der Waals surface area contributed by atoms with Crippen LogP contribution in [0, 0.1) is 0 Å². The van der Waals surface area contributed by atoms with E-state index in [1.165, 1.54) is 0 Å². The molecule has 0 fully saturated rings. The van der Waals surface area contributed by atoms with E-state index in [9.17, 15) is 4.79 Å². The molecule has 1 heterocycles. The molecule has 2 aromatic carbocycles. The molecule has 0 atom stereocenters. The van der Waals surface area contributed by atoms with Crippen LogP contribution in [0.15, 0.2) is 58.0 Å². The second-order valence-electron chi connectivity index (χ2n) is 5.74. The van der Waals surface area contributed by atoms with Gasteiger partial charge in [-0.3, -0.25) is 4.79 Å². The number of aromatic nitrogens is 2. The topological polar surface area (TPSA) is 48.5 Å². The Morgan fingerprint density at radius 2 is 1.80 bits per heavy atom. The van der Waals surface area contributed by atoms with Crippen LogP contribution in [0.3, 0.4) is 0 Å². The normalized spacial score (nSPS) is 12.0. The highest BCUT2D eigenvalue weighted by Crippen LogP contribution is 2.14. The molecule has 0 unspecified atom stereocenters. The highest BCUT2D eigenvalue weighted by atomic mass is 79.9. The first-order valence-corrected chi connectivity index (χ1v) is 8.83. The van der Waals surface area contributed by atoms with E-state index < -0.39 is 0 Å². The number of benzene rings is 2. The van der Waals surface area contributed by atoms with Crippen molar-refractivity contribution in [3.63, 3.8) is 0 Å². The van der Waals surface area contributed by atoms with Gasteiger partial charge in [0.1, 0.15) is 0 Å².